The summed E-state index contributed by atoms with van der Waals surface area (Å²) in [6.07, 6.45) is 0.809. The first-order valence-corrected chi connectivity index (χ1v) is 11.0. The van der Waals surface area contributed by atoms with Crippen LogP contribution in [0.4, 0.5) is 0 Å². The molecule has 0 saturated heterocycles. The Kier molecular flexibility index (Phi) is 11.0. The molecule has 8 heteroatoms. The third-order valence-corrected chi connectivity index (χ3v) is 5.97. The second-order valence-electron chi connectivity index (χ2n) is 6.37. The zero-order chi connectivity index (χ0) is 20.4. The first-order chi connectivity index (χ1) is 13.5. The Balaban J connectivity index is 0.00000420. The van der Waals surface area contributed by atoms with Crippen LogP contribution in [0, 0.1) is 6.92 Å². The summed E-state index contributed by atoms with van der Waals surface area (Å²) >= 11 is 0. The van der Waals surface area contributed by atoms with Gasteiger partial charge in [0.25, 0.3) is 0 Å². The molecule has 6 nitrogen and oxygen atoms in total. The van der Waals surface area contributed by atoms with Crippen LogP contribution in [-0.2, 0) is 16.3 Å². The quantitative estimate of drug-likeness (QED) is 0.295. The van der Waals surface area contributed by atoms with E-state index >= 15 is 0 Å². The number of methoxy groups -OCH3 is 1. The first kappa shape index (κ1) is 25.2. The Morgan fingerprint density at radius 1 is 1.10 bits per heavy atom. The second-order valence-corrected chi connectivity index (χ2v) is 8.48. The fourth-order valence-corrected chi connectivity index (χ4v) is 3.85. The number of ether oxygens (including phenoxy) is 1. The van der Waals surface area contributed by atoms with Crippen molar-refractivity contribution in [2.24, 2.45) is 4.99 Å². The molecular weight excluding hydrogens is 501 g/mol. The highest BCUT2D eigenvalue weighted by Crippen LogP contribution is 2.19. The van der Waals surface area contributed by atoms with Crippen molar-refractivity contribution in [2.75, 3.05) is 32.5 Å². The van der Waals surface area contributed by atoms with Crippen LogP contribution in [0.5, 0.6) is 5.75 Å². The molecule has 0 aliphatic rings. The van der Waals surface area contributed by atoms with E-state index in [2.05, 4.69) is 21.7 Å². The van der Waals surface area contributed by atoms with Crippen molar-refractivity contribution in [1.29, 1.82) is 0 Å². The largest absolute Gasteiger partial charge is 0.496 e. The van der Waals surface area contributed by atoms with Gasteiger partial charge >= 0.3 is 0 Å². The predicted octanol–water partition coefficient (Wildman–Crippen LogP) is 3.19. The van der Waals surface area contributed by atoms with E-state index in [0.717, 1.165) is 23.3 Å². The molecular formula is C21H30IN3O3S. The molecule has 0 spiro atoms. The molecule has 0 unspecified atom stereocenters. The molecule has 0 fully saturated rings. The van der Waals surface area contributed by atoms with Crippen LogP contribution in [0.2, 0.25) is 0 Å². The van der Waals surface area contributed by atoms with Gasteiger partial charge in [-0.2, -0.15) is 0 Å². The minimum absolute atomic E-state index is 0. The van der Waals surface area contributed by atoms with E-state index in [1.165, 1.54) is 0 Å². The maximum atomic E-state index is 12.3. The van der Waals surface area contributed by atoms with E-state index in [0.29, 0.717) is 23.9 Å². The Hall–Kier alpha value is -1.81. The van der Waals surface area contributed by atoms with Crippen LogP contribution in [0.1, 0.15) is 18.1 Å². The highest BCUT2D eigenvalue weighted by molar-refractivity contribution is 14.0. The normalized spacial score (nSPS) is 11.5. The lowest BCUT2D eigenvalue weighted by molar-refractivity contribution is 0.411. The minimum Gasteiger partial charge on any atom is -0.496 e. The van der Waals surface area contributed by atoms with Gasteiger partial charge in [-0.25, -0.2) is 8.42 Å². The maximum absolute atomic E-state index is 12.3. The highest BCUT2D eigenvalue weighted by atomic mass is 127. The average molecular weight is 531 g/mol. The van der Waals surface area contributed by atoms with Crippen molar-refractivity contribution in [3.63, 3.8) is 0 Å². The molecule has 0 heterocycles. The molecule has 0 aliphatic heterocycles. The number of hydrogen-bond donors (Lipinski definition) is 2. The number of hydrogen-bond acceptors (Lipinski definition) is 4. The van der Waals surface area contributed by atoms with Crippen molar-refractivity contribution in [3.8, 4) is 5.75 Å². The van der Waals surface area contributed by atoms with Gasteiger partial charge in [0.05, 0.1) is 24.3 Å². The Bertz CT molecular complexity index is 887. The molecule has 0 saturated carbocycles. The highest BCUT2D eigenvalue weighted by Gasteiger charge is 2.13. The summed E-state index contributed by atoms with van der Waals surface area (Å²) in [6.45, 7) is 5.58. The van der Waals surface area contributed by atoms with E-state index in [9.17, 15) is 8.42 Å². The van der Waals surface area contributed by atoms with Gasteiger partial charge in [0.2, 0.25) is 0 Å². The summed E-state index contributed by atoms with van der Waals surface area (Å²) in [6, 6.07) is 14.6. The van der Waals surface area contributed by atoms with E-state index in [-0.39, 0.29) is 36.3 Å². The number of nitrogens with zero attached hydrogens (tertiary/aromatic N) is 1. The van der Waals surface area contributed by atoms with Crippen LogP contribution in [0.15, 0.2) is 58.4 Å². The third-order valence-electron chi connectivity index (χ3n) is 4.26. The molecule has 2 aromatic carbocycles. The third kappa shape index (κ3) is 8.22. The summed E-state index contributed by atoms with van der Waals surface area (Å²) in [5.74, 6) is 1.47. The molecule has 0 radical (unpaired) electrons. The van der Waals surface area contributed by atoms with Crippen molar-refractivity contribution < 1.29 is 13.2 Å². The topological polar surface area (TPSA) is 79.8 Å². The zero-order valence-electron chi connectivity index (χ0n) is 17.1. The Labute approximate surface area is 191 Å². The average Bonchev–Trinajstić information content (AvgIpc) is 2.70. The predicted molar refractivity (Wildman–Crippen MR) is 129 cm³/mol. The lowest BCUT2D eigenvalue weighted by Crippen LogP contribution is -2.38. The summed E-state index contributed by atoms with van der Waals surface area (Å²) in [5.41, 5.74) is 2.27. The van der Waals surface area contributed by atoms with Crippen molar-refractivity contribution in [2.45, 2.75) is 25.2 Å². The number of sulfone groups is 1. The fraction of sp³-hybridized carbons (Fsp3) is 0.381. The second kappa shape index (κ2) is 12.7. The van der Waals surface area contributed by atoms with Gasteiger partial charge in [-0.15, -0.1) is 24.0 Å². The monoisotopic (exact) mass is 531 g/mol. The summed E-state index contributed by atoms with van der Waals surface area (Å²) < 4.78 is 30.0. The van der Waals surface area contributed by atoms with Crippen LogP contribution >= 0.6 is 24.0 Å². The first-order valence-electron chi connectivity index (χ1n) is 9.39. The van der Waals surface area contributed by atoms with E-state index in [4.69, 9.17) is 4.74 Å². The van der Waals surface area contributed by atoms with Gasteiger partial charge in [0.15, 0.2) is 15.8 Å². The smallest absolute Gasteiger partial charge is 0.191 e. The Morgan fingerprint density at radius 2 is 1.83 bits per heavy atom. The maximum Gasteiger partial charge on any atom is 0.191 e. The molecule has 160 valence electrons. The molecule has 0 bridgehead atoms. The minimum atomic E-state index is -3.32. The number of guanidine groups is 1. The molecule has 2 aromatic rings. The van der Waals surface area contributed by atoms with Crippen molar-refractivity contribution >= 4 is 39.8 Å². The number of rotatable bonds is 9. The number of aryl methyl sites for hydroxylation is 1. The molecule has 0 amide bonds. The standard InChI is InChI=1S/C21H29N3O3S.HI/c1-4-22-21(23-13-12-18-11-10-17(2)20(16-18)27-3)24-14-15-28(25,26)19-8-6-5-7-9-19;/h5-11,16H,4,12-15H2,1-3H3,(H2,22,23,24);1H. The number of halogens is 1. The lowest BCUT2D eigenvalue weighted by atomic mass is 10.1. The lowest BCUT2D eigenvalue weighted by Gasteiger charge is -2.12. The van der Waals surface area contributed by atoms with Crippen LogP contribution in [0.3, 0.4) is 0 Å². The Morgan fingerprint density at radius 3 is 2.48 bits per heavy atom. The van der Waals surface area contributed by atoms with Gasteiger partial charge in [-0.1, -0.05) is 30.3 Å². The van der Waals surface area contributed by atoms with E-state index in [1.807, 2.05) is 26.0 Å². The molecule has 29 heavy (non-hydrogen) atoms. The number of benzene rings is 2. The molecule has 0 aromatic heterocycles. The molecule has 0 atom stereocenters. The van der Waals surface area contributed by atoms with Gasteiger partial charge in [-0.05, 0) is 49.6 Å². The van der Waals surface area contributed by atoms with Crippen LogP contribution < -0.4 is 15.4 Å². The summed E-state index contributed by atoms with van der Waals surface area (Å²) in [5, 5.41) is 6.40. The number of aliphatic imine (C=N–C) groups is 1. The molecule has 2 N–H and O–H groups in total. The summed E-state index contributed by atoms with van der Waals surface area (Å²) in [4.78, 5) is 4.72. The summed E-state index contributed by atoms with van der Waals surface area (Å²) in [7, 11) is -1.65. The van der Waals surface area contributed by atoms with E-state index < -0.39 is 9.84 Å². The molecule has 2 rings (SSSR count). The van der Waals surface area contributed by atoms with Gasteiger partial charge in [0, 0.05) is 13.1 Å². The van der Waals surface area contributed by atoms with E-state index in [1.54, 1.807) is 37.4 Å². The SMILES string of the molecule is CCNC(=NCCS(=O)(=O)c1ccccc1)NCCc1ccc(C)c(OC)c1.I. The molecule has 0 aliphatic carbocycles. The van der Waals surface area contributed by atoms with Crippen LogP contribution in [-0.4, -0.2) is 46.9 Å². The van der Waals surface area contributed by atoms with Crippen molar-refractivity contribution in [1.82, 2.24) is 10.6 Å². The zero-order valence-corrected chi connectivity index (χ0v) is 20.3. The van der Waals surface area contributed by atoms with Crippen LogP contribution in [0.25, 0.3) is 0 Å². The van der Waals surface area contributed by atoms with Crippen molar-refractivity contribution in [3.05, 3.63) is 59.7 Å². The van der Waals surface area contributed by atoms with Gasteiger partial charge in [0.1, 0.15) is 5.75 Å². The number of nitrogens with one attached hydrogen (secondary N) is 2. The van der Waals surface area contributed by atoms with Gasteiger partial charge in [-0.3, -0.25) is 4.99 Å². The fourth-order valence-electron chi connectivity index (χ4n) is 2.71. The van der Waals surface area contributed by atoms with Gasteiger partial charge < -0.3 is 15.4 Å².